The van der Waals surface area contributed by atoms with Gasteiger partial charge in [-0.2, -0.15) is 0 Å². The molecule has 4 N–H and O–H groups in total. The first kappa shape index (κ1) is 13.8. The number of nitrogens with one attached hydrogen (secondary N) is 1. The van der Waals surface area contributed by atoms with Crippen molar-refractivity contribution in [2.75, 3.05) is 24.2 Å². The molecule has 1 aromatic carbocycles. The molecule has 17 heavy (non-hydrogen) atoms. The standard InChI is InChI=1S/C14H24N2O/c1-11-6-4-7-12(15)13(11)16-10-14(2,3)8-5-9-17/h4,6-7,16-17H,5,8-10,15H2,1-3H3. The van der Waals surface area contributed by atoms with Crippen LogP contribution in [0.4, 0.5) is 11.4 Å². The Balaban J connectivity index is 2.60. The second-order valence-corrected chi connectivity index (χ2v) is 5.38. The molecule has 0 spiro atoms. The minimum Gasteiger partial charge on any atom is -0.397 e. The number of nitrogens with two attached hydrogens (primary N) is 1. The van der Waals surface area contributed by atoms with Crippen molar-refractivity contribution in [1.29, 1.82) is 0 Å². The fourth-order valence-corrected chi connectivity index (χ4v) is 1.91. The predicted molar refractivity (Wildman–Crippen MR) is 74.2 cm³/mol. The van der Waals surface area contributed by atoms with Crippen LogP contribution in [0.15, 0.2) is 18.2 Å². The zero-order valence-electron chi connectivity index (χ0n) is 11.1. The summed E-state index contributed by atoms with van der Waals surface area (Å²) in [5, 5.41) is 12.3. The highest BCUT2D eigenvalue weighted by atomic mass is 16.2. The highest BCUT2D eigenvalue weighted by Crippen LogP contribution is 2.27. The molecule has 0 radical (unpaired) electrons. The van der Waals surface area contributed by atoms with E-state index in [0.717, 1.165) is 30.8 Å². The maximum absolute atomic E-state index is 8.86. The molecule has 0 bridgehead atoms. The third-order valence-electron chi connectivity index (χ3n) is 3.06. The van der Waals surface area contributed by atoms with Crippen LogP contribution in [0.5, 0.6) is 0 Å². The van der Waals surface area contributed by atoms with E-state index in [9.17, 15) is 0 Å². The molecule has 0 heterocycles. The first-order valence-electron chi connectivity index (χ1n) is 6.16. The van der Waals surface area contributed by atoms with E-state index < -0.39 is 0 Å². The van der Waals surface area contributed by atoms with Gasteiger partial charge in [-0.3, -0.25) is 0 Å². The summed E-state index contributed by atoms with van der Waals surface area (Å²) in [5.74, 6) is 0. The van der Waals surface area contributed by atoms with E-state index in [1.54, 1.807) is 0 Å². The summed E-state index contributed by atoms with van der Waals surface area (Å²) in [4.78, 5) is 0. The summed E-state index contributed by atoms with van der Waals surface area (Å²) in [6, 6.07) is 5.93. The Labute approximate surface area is 104 Å². The molecule has 0 aliphatic carbocycles. The monoisotopic (exact) mass is 236 g/mol. The Morgan fingerprint density at radius 2 is 2.06 bits per heavy atom. The van der Waals surface area contributed by atoms with Crippen LogP contribution < -0.4 is 11.1 Å². The Kier molecular flexibility index (Phi) is 4.82. The van der Waals surface area contributed by atoms with Gasteiger partial charge in [0.05, 0.1) is 11.4 Å². The summed E-state index contributed by atoms with van der Waals surface area (Å²) in [7, 11) is 0. The Morgan fingerprint density at radius 3 is 2.65 bits per heavy atom. The molecule has 0 aliphatic rings. The Morgan fingerprint density at radius 1 is 1.35 bits per heavy atom. The van der Waals surface area contributed by atoms with Gasteiger partial charge in [-0.15, -0.1) is 0 Å². The average Bonchev–Trinajstić information content (AvgIpc) is 2.26. The topological polar surface area (TPSA) is 58.3 Å². The van der Waals surface area contributed by atoms with Gasteiger partial charge in [0.2, 0.25) is 0 Å². The van der Waals surface area contributed by atoms with Gasteiger partial charge >= 0.3 is 0 Å². The lowest BCUT2D eigenvalue weighted by molar-refractivity contribution is 0.248. The van der Waals surface area contributed by atoms with E-state index in [1.165, 1.54) is 5.56 Å². The lowest BCUT2D eigenvalue weighted by atomic mass is 9.87. The quantitative estimate of drug-likeness (QED) is 0.666. The number of benzene rings is 1. The fourth-order valence-electron chi connectivity index (χ4n) is 1.91. The average molecular weight is 236 g/mol. The van der Waals surface area contributed by atoms with E-state index in [2.05, 4.69) is 32.2 Å². The van der Waals surface area contributed by atoms with Crippen molar-refractivity contribution in [3.8, 4) is 0 Å². The molecule has 3 nitrogen and oxygen atoms in total. The van der Waals surface area contributed by atoms with Crippen molar-refractivity contribution in [3.63, 3.8) is 0 Å². The highest BCUT2D eigenvalue weighted by molar-refractivity contribution is 5.69. The number of rotatable bonds is 6. The second kappa shape index (κ2) is 5.92. The zero-order chi connectivity index (χ0) is 12.9. The number of hydrogen-bond donors (Lipinski definition) is 3. The fraction of sp³-hybridized carbons (Fsp3) is 0.571. The second-order valence-electron chi connectivity index (χ2n) is 5.38. The minimum atomic E-state index is 0.164. The van der Waals surface area contributed by atoms with Gasteiger partial charge < -0.3 is 16.2 Å². The number of aliphatic hydroxyl groups is 1. The third kappa shape index (κ3) is 4.27. The molecule has 0 amide bonds. The molecule has 1 rings (SSSR count). The molecular weight excluding hydrogens is 212 g/mol. The first-order valence-corrected chi connectivity index (χ1v) is 6.16. The predicted octanol–water partition coefficient (Wildman–Crippen LogP) is 2.79. The maximum atomic E-state index is 8.86. The number of para-hydroxylation sites is 1. The van der Waals surface area contributed by atoms with Crippen molar-refractivity contribution < 1.29 is 5.11 Å². The van der Waals surface area contributed by atoms with Gasteiger partial charge in [-0.25, -0.2) is 0 Å². The first-order chi connectivity index (χ1) is 7.96. The summed E-state index contributed by atoms with van der Waals surface area (Å²) in [6.45, 7) is 7.58. The van der Waals surface area contributed by atoms with E-state index in [0.29, 0.717) is 0 Å². The lowest BCUT2D eigenvalue weighted by Gasteiger charge is -2.26. The van der Waals surface area contributed by atoms with Crippen LogP contribution in [0.3, 0.4) is 0 Å². The molecular formula is C14H24N2O. The SMILES string of the molecule is Cc1cccc(N)c1NCC(C)(C)CCCO. The molecule has 0 aliphatic heterocycles. The number of aliphatic hydroxyl groups excluding tert-OH is 1. The molecule has 0 saturated carbocycles. The van der Waals surface area contributed by atoms with Crippen LogP contribution in [-0.2, 0) is 0 Å². The van der Waals surface area contributed by atoms with E-state index >= 15 is 0 Å². The van der Waals surface area contributed by atoms with Gasteiger partial charge in [0.25, 0.3) is 0 Å². The summed E-state index contributed by atoms with van der Waals surface area (Å²) >= 11 is 0. The molecule has 0 aromatic heterocycles. The Bertz CT molecular complexity index is 341. The van der Waals surface area contributed by atoms with Gasteiger partial charge in [0.1, 0.15) is 0 Å². The van der Waals surface area contributed by atoms with Crippen LogP contribution in [0.2, 0.25) is 0 Å². The highest BCUT2D eigenvalue weighted by Gasteiger charge is 2.17. The number of aryl methyl sites for hydroxylation is 1. The number of anilines is 2. The number of nitrogen functional groups attached to an aromatic ring is 1. The normalized spacial score (nSPS) is 11.5. The van der Waals surface area contributed by atoms with Crippen LogP contribution in [0.25, 0.3) is 0 Å². The lowest BCUT2D eigenvalue weighted by Crippen LogP contribution is -2.24. The molecule has 3 heteroatoms. The number of hydrogen-bond acceptors (Lipinski definition) is 3. The maximum Gasteiger partial charge on any atom is 0.0603 e. The Hall–Kier alpha value is -1.22. The molecule has 0 fully saturated rings. The van der Waals surface area contributed by atoms with Crippen molar-refractivity contribution in [1.82, 2.24) is 0 Å². The molecule has 0 unspecified atom stereocenters. The third-order valence-corrected chi connectivity index (χ3v) is 3.06. The summed E-state index contributed by atoms with van der Waals surface area (Å²) < 4.78 is 0. The van der Waals surface area contributed by atoms with Crippen molar-refractivity contribution in [3.05, 3.63) is 23.8 Å². The van der Waals surface area contributed by atoms with Crippen molar-refractivity contribution in [2.45, 2.75) is 33.6 Å². The van der Waals surface area contributed by atoms with E-state index in [-0.39, 0.29) is 12.0 Å². The van der Waals surface area contributed by atoms with Crippen molar-refractivity contribution >= 4 is 11.4 Å². The smallest absolute Gasteiger partial charge is 0.0603 e. The van der Waals surface area contributed by atoms with Gasteiger partial charge in [-0.1, -0.05) is 26.0 Å². The van der Waals surface area contributed by atoms with Crippen LogP contribution >= 0.6 is 0 Å². The summed E-state index contributed by atoms with van der Waals surface area (Å²) in [5.41, 5.74) is 9.11. The molecule has 0 atom stereocenters. The van der Waals surface area contributed by atoms with E-state index in [1.807, 2.05) is 12.1 Å². The van der Waals surface area contributed by atoms with E-state index in [4.69, 9.17) is 10.8 Å². The van der Waals surface area contributed by atoms with Crippen LogP contribution in [0.1, 0.15) is 32.3 Å². The summed E-state index contributed by atoms with van der Waals surface area (Å²) in [6.07, 6.45) is 1.85. The van der Waals surface area contributed by atoms with Gasteiger partial charge in [0.15, 0.2) is 0 Å². The zero-order valence-corrected chi connectivity index (χ0v) is 11.1. The molecule has 0 saturated heterocycles. The van der Waals surface area contributed by atoms with Gasteiger partial charge in [0, 0.05) is 13.2 Å². The molecule has 1 aromatic rings. The largest absolute Gasteiger partial charge is 0.397 e. The van der Waals surface area contributed by atoms with Crippen LogP contribution in [0, 0.1) is 12.3 Å². The minimum absolute atomic E-state index is 0.164. The molecule has 96 valence electrons. The van der Waals surface area contributed by atoms with Crippen molar-refractivity contribution in [2.24, 2.45) is 5.41 Å². The van der Waals surface area contributed by atoms with Crippen LogP contribution in [-0.4, -0.2) is 18.3 Å². The van der Waals surface area contributed by atoms with Gasteiger partial charge in [-0.05, 0) is 36.8 Å².